The number of benzene rings is 3. The van der Waals surface area contributed by atoms with E-state index >= 15 is 0 Å². The molecule has 8 heteroatoms. The summed E-state index contributed by atoms with van der Waals surface area (Å²) < 4.78 is 26.2. The van der Waals surface area contributed by atoms with Crippen molar-refractivity contribution in [1.29, 1.82) is 0 Å². The molecule has 36 heavy (non-hydrogen) atoms. The number of para-hydroxylation sites is 1. The van der Waals surface area contributed by atoms with E-state index in [2.05, 4.69) is 10.6 Å². The third-order valence-corrected chi connectivity index (χ3v) is 7.28. The fraction of sp³-hybridized carbons (Fsp3) is 0.286. The van der Waals surface area contributed by atoms with Gasteiger partial charge in [0.05, 0.1) is 29.2 Å². The Kier molecular flexibility index (Phi) is 8.88. The summed E-state index contributed by atoms with van der Waals surface area (Å²) in [6, 6.07) is 21.8. The van der Waals surface area contributed by atoms with Crippen molar-refractivity contribution < 1.29 is 18.0 Å². The van der Waals surface area contributed by atoms with Crippen molar-refractivity contribution in [3.63, 3.8) is 0 Å². The Bertz CT molecular complexity index is 1320. The first-order chi connectivity index (χ1) is 17.1. The van der Waals surface area contributed by atoms with Crippen LogP contribution in [0.15, 0.2) is 72.8 Å². The molecule has 3 rings (SSSR count). The van der Waals surface area contributed by atoms with Gasteiger partial charge in [-0.05, 0) is 62.1 Å². The van der Waals surface area contributed by atoms with Crippen molar-refractivity contribution in [2.75, 3.05) is 22.4 Å². The molecule has 0 bridgehead atoms. The lowest BCUT2D eigenvalue weighted by atomic mass is 10.1. The maximum Gasteiger partial charge on any atom is 0.253 e. The van der Waals surface area contributed by atoms with Gasteiger partial charge in [-0.25, -0.2) is 8.42 Å². The molecule has 0 unspecified atom stereocenters. The van der Waals surface area contributed by atoms with E-state index in [-0.39, 0.29) is 30.8 Å². The molecule has 0 aromatic heterocycles. The van der Waals surface area contributed by atoms with Crippen molar-refractivity contribution in [3.05, 3.63) is 95.1 Å². The first-order valence-electron chi connectivity index (χ1n) is 11.9. The largest absolute Gasteiger partial charge is 0.345 e. The van der Waals surface area contributed by atoms with Crippen LogP contribution in [0.1, 0.15) is 52.9 Å². The van der Waals surface area contributed by atoms with Gasteiger partial charge >= 0.3 is 0 Å². The molecule has 0 saturated heterocycles. The Balaban J connectivity index is 1.64. The highest BCUT2D eigenvalue weighted by Gasteiger charge is 2.20. The summed E-state index contributed by atoms with van der Waals surface area (Å²) in [4.78, 5) is 25.6. The molecule has 2 amide bonds. The second-order valence-corrected chi connectivity index (χ2v) is 10.8. The summed E-state index contributed by atoms with van der Waals surface area (Å²) >= 11 is 0. The topological polar surface area (TPSA) is 95.6 Å². The molecule has 0 fully saturated rings. The lowest BCUT2D eigenvalue weighted by molar-refractivity contribution is -0.116. The average Bonchev–Trinajstić information content (AvgIpc) is 2.84. The number of amides is 2. The van der Waals surface area contributed by atoms with Crippen molar-refractivity contribution in [3.8, 4) is 0 Å². The quantitative estimate of drug-likeness (QED) is 0.405. The molecule has 0 aliphatic heterocycles. The molecule has 0 aliphatic carbocycles. The zero-order chi connectivity index (χ0) is 26.3. The number of aryl methyl sites for hydroxylation is 1. The molecule has 1 atom stereocenters. The van der Waals surface area contributed by atoms with Crippen molar-refractivity contribution in [1.82, 2.24) is 5.32 Å². The van der Waals surface area contributed by atoms with Gasteiger partial charge in [-0.3, -0.25) is 13.9 Å². The Morgan fingerprint density at radius 2 is 1.58 bits per heavy atom. The molecule has 0 radical (unpaired) electrons. The summed E-state index contributed by atoms with van der Waals surface area (Å²) in [7, 11) is -3.52. The number of rotatable bonds is 10. The van der Waals surface area contributed by atoms with E-state index in [0.717, 1.165) is 16.7 Å². The van der Waals surface area contributed by atoms with Gasteiger partial charge in [-0.15, -0.1) is 0 Å². The van der Waals surface area contributed by atoms with Crippen LogP contribution < -0.4 is 14.9 Å². The molecule has 2 N–H and O–H groups in total. The van der Waals surface area contributed by atoms with Gasteiger partial charge in [0.25, 0.3) is 5.91 Å². The van der Waals surface area contributed by atoms with Gasteiger partial charge in [0.1, 0.15) is 0 Å². The highest BCUT2D eigenvalue weighted by molar-refractivity contribution is 7.92. The fourth-order valence-corrected chi connectivity index (χ4v) is 4.97. The number of nitrogens with one attached hydrogen (secondary N) is 2. The standard InChI is InChI=1S/C28H33N3O4S/c1-20-12-10-17-26(21(20)2)31(36(4,34)35)19-11-18-27(32)30-25-16-9-8-15-24(25)28(33)29-22(3)23-13-6-5-7-14-23/h5-10,12-17,22H,11,18-19H2,1-4H3,(H,29,33)(H,30,32)/t22-/m0/s1. The molecular weight excluding hydrogens is 474 g/mol. The lowest BCUT2D eigenvalue weighted by Crippen LogP contribution is -2.32. The second kappa shape index (κ2) is 11.9. The molecular formula is C28H33N3O4S. The van der Waals surface area contributed by atoms with Gasteiger partial charge < -0.3 is 10.6 Å². The number of carbonyl (C=O) groups excluding carboxylic acids is 2. The number of hydrogen-bond acceptors (Lipinski definition) is 4. The van der Waals surface area contributed by atoms with Gasteiger partial charge in [-0.2, -0.15) is 0 Å². The summed E-state index contributed by atoms with van der Waals surface area (Å²) in [5, 5.41) is 5.77. The van der Waals surface area contributed by atoms with Crippen LogP contribution in [-0.2, 0) is 14.8 Å². The van der Waals surface area contributed by atoms with E-state index in [1.54, 1.807) is 30.3 Å². The molecule has 0 spiro atoms. The molecule has 3 aromatic rings. The van der Waals surface area contributed by atoms with Gasteiger partial charge in [0.2, 0.25) is 15.9 Å². The van der Waals surface area contributed by atoms with Crippen LogP contribution in [0.3, 0.4) is 0 Å². The van der Waals surface area contributed by atoms with Crippen molar-refractivity contribution in [2.24, 2.45) is 0 Å². The predicted molar refractivity (Wildman–Crippen MR) is 145 cm³/mol. The lowest BCUT2D eigenvalue weighted by Gasteiger charge is -2.25. The monoisotopic (exact) mass is 507 g/mol. The van der Waals surface area contributed by atoms with Gasteiger partial charge in [0, 0.05) is 13.0 Å². The Morgan fingerprint density at radius 3 is 2.28 bits per heavy atom. The Labute approximate surface area is 213 Å². The third kappa shape index (κ3) is 6.95. The third-order valence-electron chi connectivity index (χ3n) is 6.10. The van der Waals surface area contributed by atoms with Crippen LogP contribution in [0.25, 0.3) is 0 Å². The number of anilines is 2. The molecule has 3 aromatic carbocycles. The van der Waals surface area contributed by atoms with Crippen LogP contribution in [0.5, 0.6) is 0 Å². The minimum atomic E-state index is -3.52. The molecule has 7 nitrogen and oxygen atoms in total. The van der Waals surface area contributed by atoms with E-state index in [4.69, 9.17) is 0 Å². The highest BCUT2D eigenvalue weighted by atomic mass is 32.2. The fourth-order valence-electron chi connectivity index (χ4n) is 3.96. The minimum absolute atomic E-state index is 0.104. The first kappa shape index (κ1) is 26.9. The first-order valence-corrected chi connectivity index (χ1v) is 13.7. The minimum Gasteiger partial charge on any atom is -0.345 e. The maximum absolute atomic E-state index is 12.9. The van der Waals surface area contributed by atoms with Crippen molar-refractivity contribution in [2.45, 2.75) is 39.7 Å². The summed E-state index contributed by atoms with van der Waals surface area (Å²) in [6.07, 6.45) is 1.60. The number of sulfonamides is 1. The summed E-state index contributed by atoms with van der Waals surface area (Å²) in [6.45, 7) is 5.89. The van der Waals surface area contributed by atoms with Crippen molar-refractivity contribution >= 4 is 33.2 Å². The number of carbonyl (C=O) groups is 2. The second-order valence-electron chi connectivity index (χ2n) is 8.86. The van der Waals surface area contributed by atoms with E-state index in [0.29, 0.717) is 23.4 Å². The van der Waals surface area contributed by atoms with E-state index in [1.807, 2.05) is 63.2 Å². The van der Waals surface area contributed by atoms with Crippen LogP contribution in [0.2, 0.25) is 0 Å². The summed E-state index contributed by atoms with van der Waals surface area (Å²) in [5.74, 6) is -0.582. The molecule has 0 aliphatic rings. The van der Waals surface area contributed by atoms with Gasteiger partial charge in [0.15, 0.2) is 0 Å². The highest BCUT2D eigenvalue weighted by Crippen LogP contribution is 2.25. The van der Waals surface area contributed by atoms with Crippen LogP contribution in [0.4, 0.5) is 11.4 Å². The Morgan fingerprint density at radius 1 is 0.917 bits per heavy atom. The van der Waals surface area contributed by atoms with E-state index in [1.165, 1.54) is 10.6 Å². The van der Waals surface area contributed by atoms with Crippen LogP contribution in [-0.4, -0.2) is 33.0 Å². The van der Waals surface area contributed by atoms with Crippen LogP contribution >= 0.6 is 0 Å². The van der Waals surface area contributed by atoms with Crippen LogP contribution in [0, 0.1) is 13.8 Å². The van der Waals surface area contributed by atoms with E-state index < -0.39 is 10.0 Å². The molecule has 190 valence electrons. The van der Waals surface area contributed by atoms with E-state index in [9.17, 15) is 18.0 Å². The smallest absolute Gasteiger partial charge is 0.253 e. The zero-order valence-corrected chi connectivity index (χ0v) is 21.9. The molecule has 0 saturated carbocycles. The zero-order valence-electron chi connectivity index (χ0n) is 21.1. The molecule has 0 heterocycles. The normalized spacial score (nSPS) is 12.0. The SMILES string of the molecule is Cc1cccc(N(CCCC(=O)Nc2ccccc2C(=O)N[C@@H](C)c2ccccc2)S(C)(=O)=O)c1C. The summed E-state index contributed by atoms with van der Waals surface area (Å²) in [5.41, 5.74) is 4.25. The van der Waals surface area contributed by atoms with Gasteiger partial charge in [-0.1, -0.05) is 54.6 Å². The predicted octanol–water partition coefficient (Wildman–Crippen LogP) is 4.98. The average molecular weight is 508 g/mol. The number of nitrogens with zero attached hydrogens (tertiary/aromatic N) is 1. The Hall–Kier alpha value is -3.65. The maximum atomic E-state index is 12.9. The number of hydrogen-bond donors (Lipinski definition) is 2.